The number of aliphatic imine (C=N–C) groups is 1. The molecule has 0 bridgehead atoms. The van der Waals surface area contributed by atoms with Crippen molar-refractivity contribution in [1.29, 1.82) is 0 Å². The van der Waals surface area contributed by atoms with E-state index < -0.39 is 0 Å². The number of esters is 1. The summed E-state index contributed by atoms with van der Waals surface area (Å²) in [5.74, 6) is -0.237. The maximum absolute atomic E-state index is 11.1. The Bertz CT molecular complexity index is 462. The Morgan fingerprint density at radius 2 is 2.29 bits per heavy atom. The fourth-order valence-electron chi connectivity index (χ4n) is 1.28. The number of rotatable bonds is 5. The zero-order valence-corrected chi connectivity index (χ0v) is 10.4. The molecule has 0 aliphatic heterocycles. The van der Waals surface area contributed by atoms with Crippen LogP contribution in [0.5, 0.6) is 0 Å². The molecule has 1 aromatic carbocycles. The van der Waals surface area contributed by atoms with Crippen molar-refractivity contribution in [3.05, 3.63) is 35.9 Å². The molecule has 17 heavy (non-hydrogen) atoms. The molecule has 0 N–H and O–H groups in total. The Morgan fingerprint density at radius 1 is 1.53 bits per heavy atom. The zero-order valence-electron chi connectivity index (χ0n) is 9.55. The van der Waals surface area contributed by atoms with Gasteiger partial charge in [-0.3, -0.25) is 4.79 Å². The minimum Gasteiger partial charge on any atom is -0.466 e. The highest BCUT2D eigenvalue weighted by Gasteiger charge is 1.98. The Labute approximate surface area is 106 Å². The van der Waals surface area contributed by atoms with Crippen LogP contribution in [0.25, 0.3) is 6.08 Å². The number of hydrogen-bond donors (Lipinski definition) is 0. The molecule has 0 aliphatic rings. The average molecular weight is 247 g/mol. The fourth-order valence-corrected chi connectivity index (χ4v) is 1.38. The highest BCUT2D eigenvalue weighted by atomic mass is 32.1. The van der Waals surface area contributed by atoms with Gasteiger partial charge in [-0.15, -0.1) is 0 Å². The number of nitrogens with zero attached hydrogens (tertiary/aromatic N) is 1. The predicted molar refractivity (Wildman–Crippen MR) is 71.4 cm³/mol. The van der Waals surface area contributed by atoms with E-state index in [1.165, 1.54) is 0 Å². The van der Waals surface area contributed by atoms with Crippen LogP contribution in [0, 0.1) is 0 Å². The molecule has 3 nitrogen and oxygen atoms in total. The van der Waals surface area contributed by atoms with Crippen molar-refractivity contribution in [2.24, 2.45) is 4.99 Å². The molecule has 1 aromatic rings. The molecule has 0 fully saturated rings. The Kier molecular flexibility index (Phi) is 5.86. The summed E-state index contributed by atoms with van der Waals surface area (Å²) in [5.41, 5.74) is 1.64. The van der Waals surface area contributed by atoms with Gasteiger partial charge in [-0.1, -0.05) is 30.4 Å². The lowest BCUT2D eigenvalue weighted by molar-refractivity contribution is -0.142. The van der Waals surface area contributed by atoms with Gasteiger partial charge in [0, 0.05) is 5.56 Å². The standard InChI is InChI=1S/C13H13NO2S/c1-2-16-13(15)9-5-7-11-6-3-4-8-12(11)14-10-17/h3-8H,2,9H2,1H3. The molecule has 0 heterocycles. The summed E-state index contributed by atoms with van der Waals surface area (Å²) in [6, 6.07) is 7.50. The lowest BCUT2D eigenvalue weighted by Gasteiger charge is -1.99. The van der Waals surface area contributed by atoms with Crippen molar-refractivity contribution in [2.75, 3.05) is 6.61 Å². The SMILES string of the molecule is CCOC(=O)CC=Cc1ccccc1N=C=S. The Hall–Kier alpha value is -1.77. The molecule has 0 atom stereocenters. The maximum Gasteiger partial charge on any atom is 0.309 e. The van der Waals surface area contributed by atoms with Crippen LogP contribution < -0.4 is 0 Å². The topological polar surface area (TPSA) is 38.7 Å². The molecule has 0 unspecified atom stereocenters. The van der Waals surface area contributed by atoms with Gasteiger partial charge in [0.05, 0.1) is 23.9 Å². The van der Waals surface area contributed by atoms with Gasteiger partial charge in [0.15, 0.2) is 0 Å². The van der Waals surface area contributed by atoms with Crippen LogP contribution in [0.3, 0.4) is 0 Å². The summed E-state index contributed by atoms with van der Waals surface area (Å²) in [7, 11) is 0. The van der Waals surface area contributed by atoms with Crippen LogP contribution in [0.15, 0.2) is 35.3 Å². The summed E-state index contributed by atoms with van der Waals surface area (Å²) < 4.78 is 4.81. The average Bonchev–Trinajstić information content (AvgIpc) is 2.32. The van der Waals surface area contributed by atoms with Gasteiger partial charge >= 0.3 is 5.97 Å². The van der Waals surface area contributed by atoms with Gasteiger partial charge in [-0.05, 0) is 25.2 Å². The van der Waals surface area contributed by atoms with E-state index in [2.05, 4.69) is 22.4 Å². The van der Waals surface area contributed by atoms with E-state index in [0.717, 1.165) is 11.3 Å². The molecule has 0 saturated carbocycles. The molecule has 0 saturated heterocycles. The quantitative estimate of drug-likeness (QED) is 0.455. The van der Waals surface area contributed by atoms with Crippen molar-refractivity contribution in [3.63, 3.8) is 0 Å². The fraction of sp³-hybridized carbons (Fsp3) is 0.231. The van der Waals surface area contributed by atoms with E-state index >= 15 is 0 Å². The zero-order chi connectivity index (χ0) is 12.5. The monoisotopic (exact) mass is 247 g/mol. The second-order valence-corrected chi connectivity index (χ2v) is 3.36. The minimum absolute atomic E-state index is 0.237. The van der Waals surface area contributed by atoms with E-state index in [-0.39, 0.29) is 12.4 Å². The molecular formula is C13H13NO2S. The number of carbonyl (C=O) groups is 1. The third kappa shape index (κ3) is 4.72. The predicted octanol–water partition coefficient (Wildman–Crippen LogP) is 3.39. The number of benzene rings is 1. The first kappa shape index (κ1) is 13.3. The van der Waals surface area contributed by atoms with Crippen LogP contribution in [0.2, 0.25) is 0 Å². The first-order chi connectivity index (χ1) is 8.27. The molecule has 0 spiro atoms. The lowest BCUT2D eigenvalue weighted by atomic mass is 10.1. The van der Waals surface area contributed by atoms with E-state index in [1.807, 2.05) is 30.3 Å². The smallest absolute Gasteiger partial charge is 0.309 e. The molecule has 0 amide bonds. The van der Waals surface area contributed by atoms with Gasteiger partial charge in [-0.25, -0.2) is 0 Å². The highest BCUT2D eigenvalue weighted by Crippen LogP contribution is 2.19. The minimum atomic E-state index is -0.237. The first-order valence-electron chi connectivity index (χ1n) is 5.27. The number of thiocarbonyl (C=S) groups is 1. The van der Waals surface area contributed by atoms with Crippen molar-refractivity contribution in [2.45, 2.75) is 13.3 Å². The van der Waals surface area contributed by atoms with Crippen molar-refractivity contribution < 1.29 is 9.53 Å². The summed E-state index contributed by atoms with van der Waals surface area (Å²) in [4.78, 5) is 15.1. The summed E-state index contributed by atoms with van der Waals surface area (Å²) in [6.07, 6.45) is 3.82. The third-order valence-corrected chi connectivity index (χ3v) is 2.08. The highest BCUT2D eigenvalue weighted by molar-refractivity contribution is 7.78. The van der Waals surface area contributed by atoms with Gasteiger partial charge in [0.1, 0.15) is 0 Å². The maximum atomic E-state index is 11.1. The van der Waals surface area contributed by atoms with Crippen molar-refractivity contribution in [1.82, 2.24) is 0 Å². The van der Waals surface area contributed by atoms with Gasteiger partial charge in [0.2, 0.25) is 0 Å². The van der Waals surface area contributed by atoms with E-state index in [9.17, 15) is 4.79 Å². The largest absolute Gasteiger partial charge is 0.466 e. The number of carbonyl (C=O) groups excluding carboxylic acids is 1. The van der Waals surface area contributed by atoms with E-state index in [1.54, 1.807) is 13.0 Å². The van der Waals surface area contributed by atoms with E-state index in [4.69, 9.17) is 4.74 Å². The molecule has 0 radical (unpaired) electrons. The van der Waals surface area contributed by atoms with Gasteiger partial charge in [0.25, 0.3) is 0 Å². The molecule has 0 aliphatic carbocycles. The van der Waals surface area contributed by atoms with Gasteiger partial charge < -0.3 is 4.74 Å². The molecule has 88 valence electrons. The Morgan fingerprint density at radius 3 is 3.00 bits per heavy atom. The Balaban J connectivity index is 2.71. The molecular weight excluding hydrogens is 234 g/mol. The van der Waals surface area contributed by atoms with Crippen molar-refractivity contribution in [3.8, 4) is 0 Å². The first-order valence-corrected chi connectivity index (χ1v) is 5.67. The summed E-state index contributed by atoms with van der Waals surface area (Å²) in [6.45, 7) is 2.18. The van der Waals surface area contributed by atoms with Crippen molar-refractivity contribution >= 4 is 35.1 Å². The van der Waals surface area contributed by atoms with Crippen LogP contribution in [0.1, 0.15) is 18.9 Å². The lowest BCUT2D eigenvalue weighted by Crippen LogP contribution is -2.01. The molecule has 1 rings (SSSR count). The van der Waals surface area contributed by atoms with Gasteiger partial charge in [-0.2, -0.15) is 4.99 Å². The van der Waals surface area contributed by atoms with E-state index in [0.29, 0.717) is 6.61 Å². The second kappa shape index (κ2) is 7.49. The number of isothiocyanates is 1. The summed E-state index contributed by atoms with van der Waals surface area (Å²) >= 11 is 4.57. The molecule has 4 heteroatoms. The number of para-hydroxylation sites is 1. The third-order valence-electron chi connectivity index (χ3n) is 1.99. The number of ether oxygens (including phenoxy) is 1. The normalized spacial score (nSPS) is 9.94. The van der Waals surface area contributed by atoms with Crippen LogP contribution in [0.4, 0.5) is 5.69 Å². The van der Waals surface area contributed by atoms with Crippen LogP contribution in [-0.4, -0.2) is 17.7 Å². The second-order valence-electron chi connectivity index (χ2n) is 3.17. The van der Waals surface area contributed by atoms with Crippen LogP contribution in [-0.2, 0) is 9.53 Å². The number of hydrogen-bond acceptors (Lipinski definition) is 4. The van der Waals surface area contributed by atoms with Crippen LogP contribution >= 0.6 is 12.2 Å². The summed E-state index contributed by atoms with van der Waals surface area (Å²) in [5, 5.41) is 2.33. The molecule has 0 aromatic heterocycles.